The van der Waals surface area contributed by atoms with Gasteiger partial charge >= 0.3 is 0 Å². The lowest BCUT2D eigenvalue weighted by atomic mass is 10.0. The number of amides is 1. The highest BCUT2D eigenvalue weighted by molar-refractivity contribution is 6.29. The number of hydrogen-bond donors (Lipinski definition) is 1. The molecule has 4 rings (SSSR count). The highest BCUT2D eigenvalue weighted by Gasteiger charge is 2.19. The molecule has 2 aromatic carbocycles. The predicted octanol–water partition coefficient (Wildman–Crippen LogP) is 4.72. The van der Waals surface area contributed by atoms with E-state index in [4.69, 9.17) is 4.74 Å². The van der Waals surface area contributed by atoms with Gasteiger partial charge < -0.3 is 10.1 Å². The Bertz CT molecular complexity index is 1300. The fourth-order valence-electron chi connectivity index (χ4n) is 3.27. The average Bonchev–Trinajstić information content (AvgIpc) is 3.27. The van der Waals surface area contributed by atoms with Crippen LogP contribution in [0.4, 0.5) is 5.82 Å². The van der Waals surface area contributed by atoms with E-state index >= 15 is 0 Å². The van der Waals surface area contributed by atoms with E-state index in [2.05, 4.69) is 21.5 Å². The molecule has 162 valence electrons. The van der Waals surface area contributed by atoms with E-state index in [1.54, 1.807) is 24.4 Å². The van der Waals surface area contributed by atoms with Crippen LogP contribution in [0.2, 0.25) is 0 Å². The quantitative estimate of drug-likeness (QED) is 0.335. The van der Waals surface area contributed by atoms with Crippen LogP contribution in [-0.4, -0.2) is 27.3 Å². The number of nitriles is 1. The van der Waals surface area contributed by atoms with Crippen LogP contribution >= 0.6 is 0 Å². The second kappa shape index (κ2) is 10.1. The Morgan fingerprint density at radius 3 is 2.52 bits per heavy atom. The van der Waals surface area contributed by atoms with E-state index in [0.717, 1.165) is 16.9 Å². The molecule has 2 aromatic heterocycles. The van der Waals surface area contributed by atoms with Crippen molar-refractivity contribution in [1.29, 1.82) is 5.26 Å². The topological polar surface area (TPSA) is 92.8 Å². The monoisotopic (exact) mass is 435 g/mol. The number of benzene rings is 2. The van der Waals surface area contributed by atoms with Crippen LogP contribution in [0.5, 0.6) is 5.75 Å². The summed E-state index contributed by atoms with van der Waals surface area (Å²) in [7, 11) is 0. The fraction of sp³-hybridized carbons (Fsp3) is 0.0769. The van der Waals surface area contributed by atoms with Crippen molar-refractivity contribution in [1.82, 2.24) is 14.8 Å². The molecule has 0 bridgehead atoms. The maximum atomic E-state index is 13.5. The molecule has 2 heterocycles. The molecule has 7 nitrogen and oxygen atoms in total. The Balaban J connectivity index is 1.72. The largest absolute Gasteiger partial charge is 0.494 e. The molecule has 4 aromatic rings. The Morgan fingerprint density at radius 2 is 1.85 bits per heavy atom. The Hall–Kier alpha value is -4.70. The minimum Gasteiger partial charge on any atom is -0.494 e. The zero-order chi connectivity index (χ0) is 23.0. The molecule has 0 saturated heterocycles. The van der Waals surface area contributed by atoms with E-state index < -0.39 is 0 Å². The van der Waals surface area contributed by atoms with Gasteiger partial charge in [0, 0.05) is 11.8 Å². The van der Waals surface area contributed by atoms with Crippen molar-refractivity contribution >= 4 is 23.4 Å². The molecule has 0 radical (unpaired) electrons. The first kappa shape index (κ1) is 21.5. The number of ether oxygens (including phenoxy) is 1. The third-order valence-electron chi connectivity index (χ3n) is 4.82. The average molecular weight is 435 g/mol. The summed E-state index contributed by atoms with van der Waals surface area (Å²) in [6.07, 6.45) is 4.83. The van der Waals surface area contributed by atoms with Crippen molar-refractivity contribution < 1.29 is 9.53 Å². The number of pyridine rings is 1. The highest BCUT2D eigenvalue weighted by atomic mass is 16.5. The maximum absolute atomic E-state index is 13.5. The highest BCUT2D eigenvalue weighted by Crippen LogP contribution is 2.24. The summed E-state index contributed by atoms with van der Waals surface area (Å²) in [5, 5.41) is 16.7. The minimum atomic E-state index is -0.371. The third-order valence-corrected chi connectivity index (χ3v) is 4.82. The van der Waals surface area contributed by atoms with Crippen molar-refractivity contribution in [3.05, 3.63) is 102 Å². The van der Waals surface area contributed by atoms with Crippen LogP contribution in [0.1, 0.15) is 23.6 Å². The lowest BCUT2D eigenvalue weighted by molar-refractivity contribution is -0.111. The number of aromatic nitrogens is 3. The number of rotatable bonds is 7. The molecule has 0 atom stereocenters. The zero-order valence-corrected chi connectivity index (χ0v) is 18.0. The number of carbonyl (C=O) groups excluding carboxylic acids is 1. The lowest BCUT2D eigenvalue weighted by Crippen LogP contribution is -2.17. The summed E-state index contributed by atoms with van der Waals surface area (Å²) in [4.78, 5) is 17.7. The third kappa shape index (κ3) is 4.97. The first-order chi connectivity index (χ1) is 16.2. The molecular weight excluding hydrogens is 414 g/mol. The number of anilines is 1. The van der Waals surface area contributed by atoms with E-state index in [1.165, 1.54) is 10.9 Å². The number of nitrogens with one attached hydrogen (secondary N) is 1. The molecule has 0 unspecified atom stereocenters. The summed E-state index contributed by atoms with van der Waals surface area (Å²) < 4.78 is 6.94. The summed E-state index contributed by atoms with van der Waals surface area (Å²) in [5.41, 5.74) is 2.26. The summed E-state index contributed by atoms with van der Waals surface area (Å²) in [6.45, 7) is 2.51. The SMILES string of the molecule is CCOc1ccc(/C=C(/C(=O)Nc2c(C#N)cnn2-c2ccccn2)c2ccccc2)cc1. The molecule has 0 fully saturated rings. The van der Waals surface area contributed by atoms with Crippen molar-refractivity contribution in [3.63, 3.8) is 0 Å². The first-order valence-electron chi connectivity index (χ1n) is 10.4. The first-order valence-corrected chi connectivity index (χ1v) is 10.4. The molecule has 0 saturated carbocycles. The van der Waals surface area contributed by atoms with E-state index in [9.17, 15) is 10.1 Å². The fourth-order valence-corrected chi connectivity index (χ4v) is 3.27. The smallest absolute Gasteiger partial charge is 0.257 e. The molecule has 0 aliphatic carbocycles. The summed E-state index contributed by atoms with van der Waals surface area (Å²) >= 11 is 0. The standard InChI is InChI=1S/C26H21N5O2/c1-2-33-22-13-11-19(12-14-22)16-23(20-8-4-3-5-9-20)26(32)30-25-21(17-27)18-29-31(25)24-10-6-7-15-28-24/h3-16,18H,2H2,1H3,(H,30,32)/b23-16+. The Kier molecular flexibility index (Phi) is 6.57. The summed E-state index contributed by atoms with van der Waals surface area (Å²) in [6, 6.07) is 24.3. The Morgan fingerprint density at radius 1 is 1.09 bits per heavy atom. The van der Waals surface area contributed by atoms with Gasteiger partial charge in [-0.15, -0.1) is 0 Å². The molecule has 0 spiro atoms. The van der Waals surface area contributed by atoms with Gasteiger partial charge in [-0.3, -0.25) is 4.79 Å². The van der Waals surface area contributed by atoms with E-state index in [1.807, 2.05) is 67.6 Å². The molecule has 33 heavy (non-hydrogen) atoms. The van der Waals surface area contributed by atoms with Gasteiger partial charge in [0.1, 0.15) is 17.4 Å². The number of carbonyl (C=O) groups is 1. The van der Waals surface area contributed by atoms with Crippen molar-refractivity contribution in [2.24, 2.45) is 0 Å². The maximum Gasteiger partial charge on any atom is 0.257 e. The Labute approximate surface area is 191 Å². The van der Waals surface area contributed by atoms with Gasteiger partial charge in [0.25, 0.3) is 5.91 Å². The van der Waals surface area contributed by atoms with Crippen LogP contribution in [-0.2, 0) is 4.79 Å². The van der Waals surface area contributed by atoms with Gasteiger partial charge in [-0.05, 0) is 48.4 Å². The van der Waals surface area contributed by atoms with E-state index in [-0.39, 0.29) is 17.3 Å². The van der Waals surface area contributed by atoms with Gasteiger partial charge in [0.05, 0.1) is 12.8 Å². The van der Waals surface area contributed by atoms with Crippen molar-refractivity contribution in [2.45, 2.75) is 6.92 Å². The summed E-state index contributed by atoms with van der Waals surface area (Å²) in [5.74, 6) is 1.14. The number of hydrogen-bond acceptors (Lipinski definition) is 5. The van der Waals surface area contributed by atoms with Crippen molar-refractivity contribution in [3.8, 4) is 17.6 Å². The van der Waals surface area contributed by atoms with E-state index in [0.29, 0.717) is 18.0 Å². The molecular formula is C26H21N5O2. The molecule has 7 heteroatoms. The van der Waals surface area contributed by atoms with Crippen molar-refractivity contribution in [2.75, 3.05) is 11.9 Å². The van der Waals surface area contributed by atoms with Crippen LogP contribution in [0, 0.1) is 11.3 Å². The van der Waals surface area contributed by atoms with Gasteiger partial charge in [-0.1, -0.05) is 48.5 Å². The lowest BCUT2D eigenvalue weighted by Gasteiger charge is -2.12. The molecule has 0 aliphatic rings. The second-order valence-electron chi connectivity index (χ2n) is 7.00. The number of nitrogens with zero attached hydrogens (tertiary/aromatic N) is 4. The van der Waals surface area contributed by atoms with Gasteiger partial charge in [0.15, 0.2) is 11.6 Å². The molecule has 1 amide bonds. The van der Waals surface area contributed by atoms with Crippen LogP contribution < -0.4 is 10.1 Å². The van der Waals surface area contributed by atoms with Crippen LogP contribution in [0.25, 0.3) is 17.5 Å². The van der Waals surface area contributed by atoms with Crippen LogP contribution in [0.15, 0.2) is 85.2 Å². The molecule has 1 N–H and O–H groups in total. The normalized spacial score (nSPS) is 11.0. The van der Waals surface area contributed by atoms with Gasteiger partial charge in [0.2, 0.25) is 0 Å². The van der Waals surface area contributed by atoms with Gasteiger partial charge in [-0.25, -0.2) is 4.98 Å². The minimum absolute atomic E-state index is 0.238. The van der Waals surface area contributed by atoms with Crippen LogP contribution in [0.3, 0.4) is 0 Å². The molecule has 0 aliphatic heterocycles. The zero-order valence-electron chi connectivity index (χ0n) is 18.0. The second-order valence-corrected chi connectivity index (χ2v) is 7.00. The van der Waals surface area contributed by atoms with Gasteiger partial charge in [-0.2, -0.15) is 15.0 Å². The predicted molar refractivity (Wildman–Crippen MR) is 127 cm³/mol.